The zero-order valence-electron chi connectivity index (χ0n) is 24.0. The van der Waals surface area contributed by atoms with Gasteiger partial charge in [0.2, 0.25) is 0 Å². The van der Waals surface area contributed by atoms with Crippen LogP contribution in [0.2, 0.25) is 0 Å². The van der Waals surface area contributed by atoms with Crippen LogP contribution in [0.5, 0.6) is 11.8 Å². The van der Waals surface area contributed by atoms with E-state index in [1.54, 1.807) is 0 Å². The molecule has 0 aliphatic carbocycles. The van der Waals surface area contributed by atoms with E-state index in [0.717, 1.165) is 63.7 Å². The van der Waals surface area contributed by atoms with Gasteiger partial charge in [-0.25, -0.2) is 13.2 Å². The second-order valence-electron chi connectivity index (χ2n) is 12.7. The first kappa shape index (κ1) is 27.4. The second kappa shape index (κ2) is 10.2. The van der Waals surface area contributed by atoms with Crippen molar-refractivity contribution in [3.05, 3.63) is 53.3 Å². The van der Waals surface area contributed by atoms with Crippen LogP contribution in [0.25, 0.3) is 32.8 Å². The lowest BCUT2D eigenvalue weighted by atomic mass is 9.92. The first-order valence-electron chi connectivity index (χ1n) is 15.3. The fourth-order valence-corrected chi connectivity index (χ4v) is 8.06. The molecule has 44 heavy (non-hydrogen) atoms. The van der Waals surface area contributed by atoms with Gasteiger partial charge in [-0.15, -0.1) is 0 Å². The van der Waals surface area contributed by atoms with E-state index in [2.05, 4.69) is 20.1 Å². The van der Waals surface area contributed by atoms with E-state index in [9.17, 15) is 14.8 Å². The number of halogens is 3. The lowest BCUT2D eigenvalue weighted by Gasteiger charge is -2.35. The number of benzene rings is 3. The van der Waals surface area contributed by atoms with Gasteiger partial charge in [0.1, 0.15) is 23.7 Å². The third kappa shape index (κ3) is 4.26. The monoisotopic (exact) mass is 600 g/mol. The molecule has 1 aromatic heterocycles. The van der Waals surface area contributed by atoms with Gasteiger partial charge in [0.05, 0.1) is 17.2 Å². The van der Waals surface area contributed by atoms with E-state index in [1.165, 1.54) is 18.2 Å². The van der Waals surface area contributed by atoms with Gasteiger partial charge >= 0.3 is 6.01 Å². The van der Waals surface area contributed by atoms with E-state index in [1.807, 2.05) is 6.07 Å². The van der Waals surface area contributed by atoms with Crippen molar-refractivity contribution in [1.29, 1.82) is 5.26 Å². The molecule has 2 atom stereocenters. The van der Waals surface area contributed by atoms with E-state index in [-0.39, 0.29) is 62.4 Å². The molecular formula is C33H31F3N6O2. The molecule has 8 nitrogen and oxygen atoms in total. The molecule has 4 aliphatic heterocycles. The van der Waals surface area contributed by atoms with Crippen molar-refractivity contribution in [2.75, 3.05) is 37.7 Å². The second-order valence-corrected chi connectivity index (χ2v) is 12.7. The van der Waals surface area contributed by atoms with E-state index in [4.69, 9.17) is 9.72 Å². The molecule has 0 radical (unpaired) electrons. The van der Waals surface area contributed by atoms with Gasteiger partial charge in [-0.3, -0.25) is 4.90 Å². The van der Waals surface area contributed by atoms with Crippen LogP contribution in [0.1, 0.15) is 44.1 Å². The fourth-order valence-electron chi connectivity index (χ4n) is 8.06. The van der Waals surface area contributed by atoms with Crippen LogP contribution >= 0.6 is 0 Å². The normalized spacial score (nSPS) is 22.5. The molecule has 2 bridgehead atoms. The van der Waals surface area contributed by atoms with Gasteiger partial charge in [0, 0.05) is 47.1 Å². The number of ether oxygens (including phenoxy) is 1. The number of rotatable bonds is 5. The van der Waals surface area contributed by atoms with E-state index >= 15 is 8.78 Å². The van der Waals surface area contributed by atoms with Gasteiger partial charge < -0.3 is 20.1 Å². The molecule has 11 heteroatoms. The van der Waals surface area contributed by atoms with Crippen LogP contribution in [0.15, 0.2) is 30.3 Å². The molecule has 5 heterocycles. The average molecular weight is 601 g/mol. The highest BCUT2D eigenvalue weighted by atomic mass is 19.2. The molecule has 8 rings (SSSR count). The SMILES string of the molecule is N#Cc1cc2c(N3CC4CCC(C3)N4)nc(OCC34CCCN3CCC4)nc2c(F)c1-c1cc(O)cc2ccc(F)c(F)c12. The van der Waals surface area contributed by atoms with Crippen LogP contribution in [0.3, 0.4) is 0 Å². The summed E-state index contributed by atoms with van der Waals surface area (Å²) in [7, 11) is 0. The molecule has 4 saturated heterocycles. The number of phenols is 1. The predicted octanol–water partition coefficient (Wildman–Crippen LogP) is 5.39. The summed E-state index contributed by atoms with van der Waals surface area (Å²) in [5.41, 5.74) is -0.665. The zero-order chi connectivity index (χ0) is 30.2. The summed E-state index contributed by atoms with van der Waals surface area (Å²) >= 11 is 0. The summed E-state index contributed by atoms with van der Waals surface area (Å²) < 4.78 is 52.9. The number of nitrogens with zero attached hydrogens (tertiary/aromatic N) is 5. The van der Waals surface area contributed by atoms with Crippen molar-refractivity contribution in [2.45, 2.75) is 56.1 Å². The van der Waals surface area contributed by atoms with Crippen LogP contribution < -0.4 is 15.0 Å². The highest BCUT2D eigenvalue weighted by Crippen LogP contribution is 2.43. The number of piperazine rings is 1. The molecule has 226 valence electrons. The first-order chi connectivity index (χ1) is 21.3. The summed E-state index contributed by atoms with van der Waals surface area (Å²) in [6.07, 6.45) is 6.29. The van der Waals surface area contributed by atoms with Crippen LogP contribution in [-0.2, 0) is 0 Å². The Hall–Kier alpha value is -4.14. The Morgan fingerprint density at radius 2 is 1.77 bits per heavy atom. The molecule has 2 N–H and O–H groups in total. The van der Waals surface area contributed by atoms with Gasteiger partial charge in [-0.05, 0) is 81.3 Å². The average Bonchev–Trinajstić information content (AvgIpc) is 3.70. The predicted molar refractivity (Wildman–Crippen MR) is 159 cm³/mol. The molecule has 4 aliphatic rings. The zero-order valence-corrected chi connectivity index (χ0v) is 24.0. The van der Waals surface area contributed by atoms with Crippen molar-refractivity contribution in [3.63, 3.8) is 0 Å². The number of hydrogen-bond acceptors (Lipinski definition) is 8. The molecule has 2 unspecified atom stereocenters. The summed E-state index contributed by atoms with van der Waals surface area (Å²) in [6.45, 7) is 3.76. The standard InChI is InChI=1S/C33H31F3N6O2/c34-25-6-3-18-11-22(43)13-23(26(18)28(25)35)27-19(14-37)12-24-30(29(27)36)39-32(44-17-33-7-1-9-42(33)10-2-8-33)40-31(24)41-15-20-4-5-21(16-41)38-20/h3,6,11-13,20-21,38,43H,1-2,4-5,7-10,15-17H2. The van der Waals surface area contributed by atoms with Gasteiger partial charge in [0.25, 0.3) is 0 Å². The van der Waals surface area contributed by atoms with Crippen LogP contribution in [-0.4, -0.2) is 70.4 Å². The quantitative estimate of drug-likeness (QED) is 0.315. The summed E-state index contributed by atoms with van der Waals surface area (Å²) in [5.74, 6) is -2.99. The number of nitrogens with one attached hydrogen (secondary N) is 1. The number of aromatic nitrogens is 2. The summed E-state index contributed by atoms with van der Waals surface area (Å²) in [4.78, 5) is 13.9. The fraction of sp³-hybridized carbons (Fsp3) is 0.424. The molecule has 0 spiro atoms. The minimum Gasteiger partial charge on any atom is -0.508 e. The third-order valence-corrected chi connectivity index (χ3v) is 10.1. The van der Waals surface area contributed by atoms with Gasteiger partial charge in [-0.1, -0.05) is 6.07 Å². The number of fused-ring (bicyclic) bond motifs is 5. The molecule has 0 amide bonds. The largest absolute Gasteiger partial charge is 0.508 e. The Balaban J connectivity index is 1.32. The minimum atomic E-state index is -1.19. The topological polar surface area (TPSA) is 97.5 Å². The molecule has 0 saturated carbocycles. The summed E-state index contributed by atoms with van der Waals surface area (Å²) in [6, 6.07) is 8.81. The van der Waals surface area contributed by atoms with Crippen molar-refractivity contribution in [2.24, 2.45) is 0 Å². The van der Waals surface area contributed by atoms with Crippen molar-refractivity contribution >= 4 is 27.5 Å². The Kier molecular flexibility index (Phi) is 6.36. The lowest BCUT2D eigenvalue weighted by molar-refractivity contribution is 0.108. The maximum Gasteiger partial charge on any atom is 0.319 e. The van der Waals surface area contributed by atoms with Gasteiger partial charge in [-0.2, -0.15) is 15.2 Å². The van der Waals surface area contributed by atoms with Crippen LogP contribution in [0.4, 0.5) is 19.0 Å². The van der Waals surface area contributed by atoms with E-state index in [0.29, 0.717) is 30.9 Å². The molecule has 4 fully saturated rings. The highest BCUT2D eigenvalue weighted by molar-refractivity contribution is 6.03. The highest BCUT2D eigenvalue weighted by Gasteiger charge is 2.45. The molecule has 3 aromatic carbocycles. The Morgan fingerprint density at radius 3 is 2.50 bits per heavy atom. The number of anilines is 1. The Morgan fingerprint density at radius 1 is 1.02 bits per heavy atom. The Bertz CT molecular complexity index is 1860. The number of hydrogen-bond donors (Lipinski definition) is 2. The Labute approximate surface area is 252 Å². The minimum absolute atomic E-state index is 0.0408. The van der Waals surface area contributed by atoms with Crippen molar-refractivity contribution in [1.82, 2.24) is 20.2 Å². The maximum atomic E-state index is 16.9. The molecular weight excluding hydrogens is 569 g/mol. The number of aromatic hydroxyl groups is 1. The van der Waals surface area contributed by atoms with Crippen molar-refractivity contribution < 1.29 is 23.0 Å². The number of phenolic OH excluding ortho intramolecular Hbond substituents is 1. The van der Waals surface area contributed by atoms with E-state index < -0.39 is 17.5 Å². The molecule has 4 aromatic rings. The third-order valence-electron chi connectivity index (χ3n) is 10.1. The van der Waals surface area contributed by atoms with Crippen LogP contribution in [0, 0.1) is 28.8 Å². The number of nitriles is 1. The maximum absolute atomic E-state index is 16.9. The smallest absolute Gasteiger partial charge is 0.319 e. The lowest BCUT2D eigenvalue weighted by Crippen LogP contribution is -2.51. The van der Waals surface area contributed by atoms with Crippen molar-refractivity contribution in [3.8, 4) is 29.0 Å². The van der Waals surface area contributed by atoms with Gasteiger partial charge in [0.15, 0.2) is 17.5 Å². The first-order valence-corrected chi connectivity index (χ1v) is 15.3. The summed E-state index contributed by atoms with van der Waals surface area (Å²) in [5, 5.41) is 24.6.